The number of ether oxygens (including phenoxy) is 5. The van der Waals surface area contributed by atoms with Gasteiger partial charge in [0.2, 0.25) is 0 Å². The highest BCUT2D eigenvalue weighted by atomic mass is 16.7. The molecule has 2 rings (SSSR count). The first kappa shape index (κ1) is 37.2. The summed E-state index contributed by atoms with van der Waals surface area (Å²) in [7, 11) is 1.68. The normalized spacial score (nSPS) is 19.9. The van der Waals surface area contributed by atoms with Crippen molar-refractivity contribution in [3.8, 4) is 0 Å². The lowest BCUT2D eigenvalue weighted by Crippen LogP contribution is -2.37. The molecule has 5 atom stereocenters. The molecule has 1 aromatic carbocycles. The van der Waals surface area contributed by atoms with E-state index in [0.29, 0.717) is 19.6 Å². The first-order valence-corrected chi connectivity index (χ1v) is 17.0. The largest absolute Gasteiger partial charge is 0.459 e. The van der Waals surface area contributed by atoms with Crippen molar-refractivity contribution in [3.63, 3.8) is 0 Å². The monoisotopic (exact) mass is 600 g/mol. The average Bonchev–Trinajstić information content (AvgIpc) is 3.02. The van der Waals surface area contributed by atoms with Gasteiger partial charge in [-0.3, -0.25) is 0 Å². The van der Waals surface area contributed by atoms with E-state index in [1.54, 1.807) is 13.2 Å². The number of unbranched alkanes of at least 4 members (excludes halogenated alkanes) is 11. The zero-order valence-electron chi connectivity index (χ0n) is 27.2. The van der Waals surface area contributed by atoms with E-state index in [1.165, 1.54) is 83.1 Å². The van der Waals surface area contributed by atoms with Crippen LogP contribution in [0.3, 0.4) is 0 Å². The van der Waals surface area contributed by atoms with Gasteiger partial charge in [-0.2, -0.15) is 0 Å². The molecule has 0 unspecified atom stereocenters. The van der Waals surface area contributed by atoms with E-state index in [1.807, 2.05) is 30.3 Å². The lowest BCUT2D eigenvalue weighted by atomic mass is 9.96. The summed E-state index contributed by atoms with van der Waals surface area (Å²) in [6, 6.07) is 10.0. The summed E-state index contributed by atoms with van der Waals surface area (Å²) in [5, 5.41) is 0. The Labute approximate surface area is 262 Å². The zero-order chi connectivity index (χ0) is 31.0. The third kappa shape index (κ3) is 17.2. The summed E-state index contributed by atoms with van der Waals surface area (Å²) in [6.45, 7) is 9.95. The van der Waals surface area contributed by atoms with Gasteiger partial charge in [-0.25, -0.2) is 4.79 Å². The third-order valence-corrected chi connectivity index (χ3v) is 8.25. The maximum absolute atomic E-state index is 11.9. The summed E-state index contributed by atoms with van der Waals surface area (Å²) in [5.74, 6) is -0.425. The smallest absolute Gasteiger partial charge is 0.330 e. The molecule has 244 valence electrons. The highest BCUT2D eigenvalue weighted by Crippen LogP contribution is 2.34. The van der Waals surface area contributed by atoms with Crippen molar-refractivity contribution in [3.05, 3.63) is 61.2 Å². The molecule has 1 aromatic rings. The first-order valence-electron chi connectivity index (χ1n) is 17.0. The molecule has 0 N–H and O–H groups in total. The predicted octanol–water partition coefficient (Wildman–Crippen LogP) is 9.78. The van der Waals surface area contributed by atoms with Gasteiger partial charge in [0.25, 0.3) is 0 Å². The molecule has 6 heteroatoms. The highest BCUT2D eigenvalue weighted by Gasteiger charge is 2.33. The van der Waals surface area contributed by atoms with Crippen LogP contribution in [0, 0.1) is 0 Å². The van der Waals surface area contributed by atoms with Crippen LogP contribution in [-0.2, 0) is 28.5 Å². The lowest BCUT2D eigenvalue weighted by molar-refractivity contribution is -0.254. The van der Waals surface area contributed by atoms with Gasteiger partial charge in [0.1, 0.15) is 12.9 Å². The van der Waals surface area contributed by atoms with E-state index >= 15 is 0 Å². The predicted molar refractivity (Wildman–Crippen MR) is 175 cm³/mol. The van der Waals surface area contributed by atoms with Crippen molar-refractivity contribution < 1.29 is 28.5 Å². The summed E-state index contributed by atoms with van der Waals surface area (Å²) in [6.07, 6.45) is 23.1. The molecule has 1 aliphatic heterocycles. The van der Waals surface area contributed by atoms with Crippen molar-refractivity contribution in [2.24, 2.45) is 0 Å². The van der Waals surface area contributed by atoms with E-state index in [4.69, 9.17) is 23.7 Å². The van der Waals surface area contributed by atoms with Crippen LogP contribution in [0.2, 0.25) is 0 Å². The molecule has 6 nitrogen and oxygen atoms in total. The Balaban J connectivity index is 1.83. The van der Waals surface area contributed by atoms with Crippen molar-refractivity contribution in [1.82, 2.24) is 0 Å². The van der Waals surface area contributed by atoms with Gasteiger partial charge in [0, 0.05) is 38.0 Å². The Morgan fingerprint density at radius 3 is 2.12 bits per heavy atom. The number of methoxy groups -OCH3 is 1. The zero-order valence-corrected chi connectivity index (χ0v) is 27.2. The molecule has 0 aliphatic carbocycles. The number of rotatable bonds is 26. The van der Waals surface area contributed by atoms with Crippen LogP contribution in [0.25, 0.3) is 0 Å². The molecule has 0 amide bonds. The Hall–Kier alpha value is -1.99. The van der Waals surface area contributed by atoms with Crippen molar-refractivity contribution in [1.29, 1.82) is 0 Å². The second kappa shape index (κ2) is 24.3. The van der Waals surface area contributed by atoms with Gasteiger partial charge in [-0.1, -0.05) is 127 Å². The maximum atomic E-state index is 11.9. The van der Waals surface area contributed by atoms with Gasteiger partial charge < -0.3 is 23.7 Å². The van der Waals surface area contributed by atoms with E-state index in [0.717, 1.165) is 31.2 Å². The molecule has 1 saturated heterocycles. The summed E-state index contributed by atoms with van der Waals surface area (Å²) >= 11 is 0. The Morgan fingerprint density at radius 1 is 0.884 bits per heavy atom. The van der Waals surface area contributed by atoms with E-state index in [2.05, 4.69) is 20.1 Å². The van der Waals surface area contributed by atoms with Gasteiger partial charge in [-0.15, -0.1) is 6.58 Å². The molecule has 1 fully saturated rings. The van der Waals surface area contributed by atoms with Crippen LogP contribution in [0.4, 0.5) is 0 Å². The minimum absolute atomic E-state index is 0.0130. The lowest BCUT2D eigenvalue weighted by Gasteiger charge is -2.37. The van der Waals surface area contributed by atoms with Gasteiger partial charge >= 0.3 is 5.97 Å². The Bertz CT molecular complexity index is 843. The van der Waals surface area contributed by atoms with Crippen LogP contribution < -0.4 is 0 Å². The van der Waals surface area contributed by atoms with Crippen LogP contribution in [0.1, 0.15) is 134 Å². The quantitative estimate of drug-likeness (QED) is 0.0347. The molecular formula is C37H60O6. The molecule has 0 aromatic heterocycles. The highest BCUT2D eigenvalue weighted by molar-refractivity contribution is 5.81. The van der Waals surface area contributed by atoms with Crippen LogP contribution in [0.15, 0.2) is 55.6 Å². The number of hydrogen-bond acceptors (Lipinski definition) is 6. The summed E-state index contributed by atoms with van der Waals surface area (Å²) in [4.78, 5) is 11.9. The molecule has 43 heavy (non-hydrogen) atoms. The van der Waals surface area contributed by atoms with E-state index < -0.39 is 12.3 Å². The Morgan fingerprint density at radius 2 is 1.51 bits per heavy atom. The molecule has 0 spiro atoms. The van der Waals surface area contributed by atoms with E-state index in [-0.39, 0.29) is 24.4 Å². The third-order valence-electron chi connectivity index (χ3n) is 8.25. The fourth-order valence-corrected chi connectivity index (χ4v) is 5.83. The Kier molecular flexibility index (Phi) is 21.1. The molecular weight excluding hydrogens is 540 g/mol. The topological polar surface area (TPSA) is 63.2 Å². The average molecular weight is 601 g/mol. The van der Waals surface area contributed by atoms with Crippen LogP contribution >= 0.6 is 0 Å². The minimum Gasteiger partial charge on any atom is -0.459 e. The van der Waals surface area contributed by atoms with Gasteiger partial charge in [0.15, 0.2) is 6.29 Å². The van der Waals surface area contributed by atoms with Gasteiger partial charge in [-0.05, 0) is 19.3 Å². The second-order valence-electron chi connectivity index (χ2n) is 12.0. The van der Waals surface area contributed by atoms with E-state index in [9.17, 15) is 4.79 Å². The number of carbonyl (C=O) groups excluding carboxylic acids is 1. The van der Waals surface area contributed by atoms with Crippen molar-refractivity contribution >= 4 is 5.97 Å². The first-order chi connectivity index (χ1) is 21.1. The molecule has 1 heterocycles. The number of carbonyl (C=O) groups is 1. The molecule has 0 radical (unpaired) electrons. The maximum Gasteiger partial charge on any atom is 0.330 e. The second-order valence-corrected chi connectivity index (χ2v) is 12.0. The number of esters is 1. The van der Waals surface area contributed by atoms with Crippen molar-refractivity contribution in [2.45, 2.75) is 153 Å². The van der Waals surface area contributed by atoms with Crippen molar-refractivity contribution in [2.75, 3.05) is 13.9 Å². The van der Waals surface area contributed by atoms with Gasteiger partial charge in [0.05, 0.1) is 18.3 Å². The molecule has 0 saturated carbocycles. The summed E-state index contributed by atoms with van der Waals surface area (Å²) < 4.78 is 29.8. The fourth-order valence-electron chi connectivity index (χ4n) is 5.83. The molecule has 0 bridgehead atoms. The summed E-state index contributed by atoms with van der Waals surface area (Å²) in [5.41, 5.74) is 0.990. The standard InChI is InChI=1S/C37H60O6/c1-5-8-9-10-11-12-13-14-15-16-17-21-25-32(40-30-39-4)26-27-34-29-35(28-33(22-6-2)41-36(38)7-3)43-37(42-34)31-23-19-18-20-24-31/h6-7,18-20,23-24,32-35,37H,2-3,5,8-17,21-22,25-30H2,1,4H3/t32-,33+,34-,35+,37-/m0/s1. The molecule has 1 aliphatic rings. The van der Waals surface area contributed by atoms with Crippen LogP contribution in [0.5, 0.6) is 0 Å². The fraction of sp³-hybridized carbons (Fsp3) is 0.703. The van der Waals surface area contributed by atoms with Crippen LogP contribution in [-0.4, -0.2) is 44.3 Å². The minimum atomic E-state index is -0.459. The SMILES string of the molecule is C=CC[C@H](C[C@@H]1C[C@H](CC[C@H](CCCCCCCCCCCCCC)OCOC)O[C@H](c2ccccc2)O1)OC(=O)C=C. The number of hydrogen-bond donors (Lipinski definition) is 0. The number of benzene rings is 1.